The van der Waals surface area contributed by atoms with E-state index in [4.69, 9.17) is 4.74 Å². The van der Waals surface area contributed by atoms with Gasteiger partial charge in [-0.15, -0.1) is 0 Å². The maximum Gasteiger partial charge on any atom is 0.125 e. The Morgan fingerprint density at radius 3 is 2.83 bits per heavy atom. The van der Waals surface area contributed by atoms with Gasteiger partial charge in [-0.1, -0.05) is 6.07 Å². The highest BCUT2D eigenvalue weighted by molar-refractivity contribution is 5.89. The molecule has 0 unspecified atom stereocenters. The van der Waals surface area contributed by atoms with Gasteiger partial charge in [0.05, 0.1) is 18.7 Å². The monoisotopic (exact) mass is 246 g/mol. The number of morpholine rings is 1. The second kappa shape index (κ2) is 4.63. The number of hydrogen-bond donors (Lipinski definition) is 1. The SMILES string of the molecule is Cn1cc(CN2CCOCC2)c2c(O)cccc21. The molecule has 1 saturated heterocycles. The van der Waals surface area contributed by atoms with Gasteiger partial charge < -0.3 is 14.4 Å². The molecule has 4 nitrogen and oxygen atoms in total. The summed E-state index contributed by atoms with van der Waals surface area (Å²) in [5.74, 6) is 0.372. The number of benzene rings is 1. The van der Waals surface area contributed by atoms with Gasteiger partial charge in [-0.05, 0) is 17.7 Å². The molecule has 1 aromatic carbocycles. The van der Waals surface area contributed by atoms with E-state index in [1.807, 2.05) is 19.2 Å². The van der Waals surface area contributed by atoms with Crippen LogP contribution in [0.3, 0.4) is 0 Å². The number of phenols is 1. The van der Waals surface area contributed by atoms with Crippen molar-refractivity contribution < 1.29 is 9.84 Å². The van der Waals surface area contributed by atoms with Gasteiger partial charge in [0.25, 0.3) is 0 Å². The first-order valence-electron chi connectivity index (χ1n) is 6.31. The lowest BCUT2D eigenvalue weighted by molar-refractivity contribution is 0.0343. The Balaban J connectivity index is 1.96. The second-order valence-corrected chi connectivity index (χ2v) is 4.83. The van der Waals surface area contributed by atoms with Crippen LogP contribution in [0.5, 0.6) is 5.75 Å². The maximum absolute atomic E-state index is 10.0. The lowest BCUT2D eigenvalue weighted by Gasteiger charge is -2.26. The first-order valence-corrected chi connectivity index (χ1v) is 6.31. The van der Waals surface area contributed by atoms with Crippen molar-refractivity contribution in [2.45, 2.75) is 6.54 Å². The molecule has 1 fully saturated rings. The first-order chi connectivity index (χ1) is 8.75. The van der Waals surface area contributed by atoms with Crippen molar-refractivity contribution in [2.24, 2.45) is 7.05 Å². The van der Waals surface area contributed by atoms with E-state index in [0.717, 1.165) is 43.8 Å². The molecule has 1 N–H and O–H groups in total. The van der Waals surface area contributed by atoms with Crippen molar-refractivity contribution in [3.8, 4) is 5.75 Å². The van der Waals surface area contributed by atoms with E-state index < -0.39 is 0 Å². The van der Waals surface area contributed by atoms with Crippen LogP contribution in [0.4, 0.5) is 0 Å². The first kappa shape index (κ1) is 11.6. The fourth-order valence-electron chi connectivity index (χ4n) is 2.64. The van der Waals surface area contributed by atoms with E-state index in [2.05, 4.69) is 15.7 Å². The predicted octanol–water partition coefficient (Wildman–Crippen LogP) is 1.72. The molecule has 4 heteroatoms. The Kier molecular flexibility index (Phi) is 2.97. The van der Waals surface area contributed by atoms with E-state index in [-0.39, 0.29) is 0 Å². The summed E-state index contributed by atoms with van der Waals surface area (Å²) in [5.41, 5.74) is 2.27. The molecular formula is C14H18N2O2. The number of fused-ring (bicyclic) bond motifs is 1. The number of hydrogen-bond acceptors (Lipinski definition) is 3. The Labute approximate surface area is 106 Å². The summed E-state index contributed by atoms with van der Waals surface area (Å²) < 4.78 is 7.43. The maximum atomic E-state index is 10.0. The van der Waals surface area contributed by atoms with Gasteiger partial charge in [-0.25, -0.2) is 0 Å². The molecular weight excluding hydrogens is 228 g/mol. The molecule has 0 spiro atoms. The molecule has 3 rings (SSSR count). The van der Waals surface area contributed by atoms with Crippen molar-refractivity contribution in [3.63, 3.8) is 0 Å². The molecule has 18 heavy (non-hydrogen) atoms. The van der Waals surface area contributed by atoms with Crippen molar-refractivity contribution >= 4 is 10.9 Å². The highest BCUT2D eigenvalue weighted by atomic mass is 16.5. The zero-order chi connectivity index (χ0) is 12.5. The molecule has 1 aliphatic heterocycles. The Bertz CT molecular complexity index is 556. The van der Waals surface area contributed by atoms with Crippen LogP contribution in [-0.4, -0.2) is 40.9 Å². The Morgan fingerprint density at radius 2 is 2.06 bits per heavy atom. The predicted molar refractivity (Wildman–Crippen MR) is 70.7 cm³/mol. The van der Waals surface area contributed by atoms with Crippen LogP contribution >= 0.6 is 0 Å². The highest BCUT2D eigenvalue weighted by Gasteiger charge is 2.15. The molecule has 0 amide bonds. The molecule has 2 aromatic rings. The van der Waals surface area contributed by atoms with Gasteiger partial charge in [0.2, 0.25) is 0 Å². The standard InChI is InChI=1S/C14H18N2O2/c1-15-9-11(10-16-5-7-18-8-6-16)14-12(15)3-2-4-13(14)17/h2-4,9,17H,5-8,10H2,1H3. The summed E-state index contributed by atoms with van der Waals surface area (Å²) in [7, 11) is 2.02. The number of phenolic OH excluding ortho intramolecular Hbond substituents is 1. The van der Waals surface area contributed by atoms with Crippen molar-refractivity contribution in [3.05, 3.63) is 30.0 Å². The van der Waals surface area contributed by atoms with E-state index in [1.165, 1.54) is 5.56 Å². The molecule has 0 atom stereocenters. The number of aryl methyl sites for hydroxylation is 1. The lowest BCUT2D eigenvalue weighted by Crippen LogP contribution is -2.35. The van der Waals surface area contributed by atoms with Gasteiger partial charge >= 0.3 is 0 Å². The fourth-order valence-corrected chi connectivity index (χ4v) is 2.64. The normalized spacial score (nSPS) is 17.4. The van der Waals surface area contributed by atoms with Gasteiger partial charge in [-0.2, -0.15) is 0 Å². The summed E-state index contributed by atoms with van der Waals surface area (Å²) in [6, 6.07) is 5.68. The van der Waals surface area contributed by atoms with Gasteiger partial charge in [0, 0.05) is 38.3 Å². The van der Waals surface area contributed by atoms with Crippen LogP contribution in [0.1, 0.15) is 5.56 Å². The van der Waals surface area contributed by atoms with Crippen LogP contribution < -0.4 is 0 Å². The third-order valence-corrected chi connectivity index (χ3v) is 3.57. The molecule has 0 radical (unpaired) electrons. The molecule has 2 heterocycles. The number of ether oxygens (including phenoxy) is 1. The van der Waals surface area contributed by atoms with E-state index >= 15 is 0 Å². The topological polar surface area (TPSA) is 37.6 Å². The fraction of sp³-hybridized carbons (Fsp3) is 0.429. The number of aromatic hydroxyl groups is 1. The van der Waals surface area contributed by atoms with E-state index in [1.54, 1.807) is 6.07 Å². The summed E-state index contributed by atoms with van der Waals surface area (Å²) >= 11 is 0. The van der Waals surface area contributed by atoms with Crippen molar-refractivity contribution in [1.29, 1.82) is 0 Å². The minimum absolute atomic E-state index is 0.372. The number of aromatic nitrogens is 1. The Morgan fingerprint density at radius 1 is 1.28 bits per heavy atom. The van der Waals surface area contributed by atoms with E-state index in [9.17, 15) is 5.11 Å². The number of nitrogens with zero attached hydrogens (tertiary/aromatic N) is 2. The summed E-state index contributed by atoms with van der Waals surface area (Å²) in [6.07, 6.45) is 2.11. The zero-order valence-corrected chi connectivity index (χ0v) is 10.6. The smallest absolute Gasteiger partial charge is 0.125 e. The molecule has 96 valence electrons. The average molecular weight is 246 g/mol. The van der Waals surface area contributed by atoms with Crippen molar-refractivity contribution in [1.82, 2.24) is 9.47 Å². The third-order valence-electron chi connectivity index (χ3n) is 3.57. The van der Waals surface area contributed by atoms with Crippen LogP contribution in [-0.2, 0) is 18.3 Å². The summed E-state index contributed by atoms with van der Waals surface area (Å²) in [6.45, 7) is 4.40. The largest absolute Gasteiger partial charge is 0.507 e. The molecule has 0 aliphatic carbocycles. The third kappa shape index (κ3) is 1.98. The van der Waals surface area contributed by atoms with Crippen LogP contribution in [0.15, 0.2) is 24.4 Å². The van der Waals surface area contributed by atoms with Gasteiger partial charge in [0.15, 0.2) is 0 Å². The quantitative estimate of drug-likeness (QED) is 0.876. The second-order valence-electron chi connectivity index (χ2n) is 4.83. The van der Waals surface area contributed by atoms with Gasteiger partial charge in [-0.3, -0.25) is 4.90 Å². The summed E-state index contributed by atoms with van der Waals surface area (Å²) in [5, 5.41) is 11.0. The number of rotatable bonds is 2. The highest BCUT2D eigenvalue weighted by Crippen LogP contribution is 2.30. The summed E-state index contributed by atoms with van der Waals surface area (Å²) in [4.78, 5) is 2.37. The average Bonchev–Trinajstić information content (AvgIpc) is 2.69. The molecule has 1 aliphatic rings. The minimum atomic E-state index is 0.372. The van der Waals surface area contributed by atoms with Crippen LogP contribution in [0, 0.1) is 0 Å². The van der Waals surface area contributed by atoms with Crippen molar-refractivity contribution in [2.75, 3.05) is 26.3 Å². The van der Waals surface area contributed by atoms with E-state index in [0.29, 0.717) is 5.75 Å². The molecule has 0 saturated carbocycles. The molecule has 0 bridgehead atoms. The van der Waals surface area contributed by atoms with Crippen LogP contribution in [0.25, 0.3) is 10.9 Å². The Hall–Kier alpha value is -1.52. The zero-order valence-electron chi connectivity index (χ0n) is 10.6. The van der Waals surface area contributed by atoms with Crippen LogP contribution in [0.2, 0.25) is 0 Å². The minimum Gasteiger partial charge on any atom is -0.507 e. The lowest BCUT2D eigenvalue weighted by atomic mass is 10.1. The van der Waals surface area contributed by atoms with Gasteiger partial charge in [0.1, 0.15) is 5.75 Å². The molecule has 1 aromatic heterocycles.